The number of thiophene rings is 1. The molecule has 1 unspecified atom stereocenters. The van der Waals surface area contributed by atoms with Gasteiger partial charge in [-0.25, -0.2) is 4.98 Å². The molecular formula is C10H9N3OS. The molecule has 0 bridgehead atoms. The maximum absolute atomic E-state index is 11.8. The Morgan fingerprint density at radius 3 is 2.93 bits per heavy atom. The summed E-state index contributed by atoms with van der Waals surface area (Å²) in [6.45, 7) is 0. The molecule has 1 atom stereocenters. The number of rotatable bonds is 3. The second-order valence-electron chi connectivity index (χ2n) is 2.95. The lowest BCUT2D eigenvalue weighted by Gasteiger charge is -2.06. The number of ketones is 1. The summed E-state index contributed by atoms with van der Waals surface area (Å²) in [5, 5.41) is 1.89. The molecule has 0 saturated heterocycles. The van der Waals surface area contributed by atoms with Gasteiger partial charge in [-0.05, 0) is 11.4 Å². The number of nitrogens with two attached hydrogens (primary N) is 1. The molecule has 76 valence electrons. The third-order valence-electron chi connectivity index (χ3n) is 1.95. The summed E-state index contributed by atoms with van der Waals surface area (Å²) in [5.74, 6) is -0.203. The minimum atomic E-state index is -0.637. The molecule has 15 heavy (non-hydrogen) atoms. The number of hydrogen-bond acceptors (Lipinski definition) is 5. The monoisotopic (exact) mass is 219 g/mol. The van der Waals surface area contributed by atoms with Crippen LogP contribution in [0.15, 0.2) is 36.1 Å². The van der Waals surface area contributed by atoms with Crippen molar-refractivity contribution in [1.82, 2.24) is 9.97 Å². The standard InChI is InChI=1S/C10H9N3OS/c11-9(8-2-1-5-15-8)10(14)7-6-12-3-4-13-7/h1-6,9H,11H2. The molecule has 2 N–H and O–H groups in total. The summed E-state index contributed by atoms with van der Waals surface area (Å²) in [4.78, 5) is 20.4. The molecule has 0 aliphatic heterocycles. The Labute approximate surface area is 90.8 Å². The first-order chi connectivity index (χ1) is 7.29. The van der Waals surface area contributed by atoms with Gasteiger partial charge in [0.05, 0.1) is 6.20 Å². The van der Waals surface area contributed by atoms with Gasteiger partial charge < -0.3 is 5.73 Å². The number of aromatic nitrogens is 2. The molecule has 0 spiro atoms. The number of Topliss-reactive ketones (excluding diaryl/α,β-unsaturated/α-hetero) is 1. The van der Waals surface area contributed by atoms with Crippen molar-refractivity contribution in [2.24, 2.45) is 5.73 Å². The Hall–Kier alpha value is -1.59. The summed E-state index contributed by atoms with van der Waals surface area (Å²) in [5.41, 5.74) is 6.11. The van der Waals surface area contributed by atoms with Gasteiger partial charge in [0.25, 0.3) is 0 Å². The normalized spacial score (nSPS) is 12.3. The largest absolute Gasteiger partial charge is 0.317 e. The SMILES string of the molecule is NC(C(=O)c1cnccn1)c1cccs1. The highest BCUT2D eigenvalue weighted by Crippen LogP contribution is 2.19. The minimum Gasteiger partial charge on any atom is -0.317 e. The zero-order valence-electron chi connectivity index (χ0n) is 7.83. The van der Waals surface area contributed by atoms with Crippen LogP contribution in [0.5, 0.6) is 0 Å². The molecule has 0 aromatic carbocycles. The van der Waals surface area contributed by atoms with Gasteiger partial charge in [0.15, 0.2) is 0 Å². The summed E-state index contributed by atoms with van der Waals surface area (Å²) >= 11 is 1.46. The molecular weight excluding hydrogens is 210 g/mol. The predicted molar refractivity (Wildman–Crippen MR) is 57.6 cm³/mol. The Balaban J connectivity index is 2.23. The van der Waals surface area contributed by atoms with E-state index in [1.165, 1.54) is 29.9 Å². The van der Waals surface area contributed by atoms with Crippen molar-refractivity contribution < 1.29 is 4.79 Å². The van der Waals surface area contributed by atoms with Gasteiger partial charge in [-0.1, -0.05) is 6.07 Å². The van der Waals surface area contributed by atoms with E-state index in [1.54, 1.807) is 0 Å². The highest BCUT2D eigenvalue weighted by Gasteiger charge is 2.19. The fourth-order valence-corrected chi connectivity index (χ4v) is 1.91. The van der Waals surface area contributed by atoms with Crippen molar-refractivity contribution in [3.63, 3.8) is 0 Å². The van der Waals surface area contributed by atoms with Crippen molar-refractivity contribution in [3.8, 4) is 0 Å². The van der Waals surface area contributed by atoms with E-state index < -0.39 is 6.04 Å². The number of carbonyl (C=O) groups is 1. The quantitative estimate of drug-likeness (QED) is 0.793. The lowest BCUT2D eigenvalue weighted by atomic mass is 10.1. The first-order valence-electron chi connectivity index (χ1n) is 4.38. The van der Waals surface area contributed by atoms with E-state index in [1.807, 2.05) is 17.5 Å². The molecule has 0 fully saturated rings. The van der Waals surface area contributed by atoms with Crippen molar-refractivity contribution in [2.75, 3.05) is 0 Å². The van der Waals surface area contributed by atoms with Crippen LogP contribution in [-0.2, 0) is 0 Å². The van der Waals surface area contributed by atoms with Crippen LogP contribution in [0.2, 0.25) is 0 Å². The predicted octanol–water partition coefficient (Wildman–Crippen LogP) is 1.42. The molecule has 2 aromatic rings. The van der Waals surface area contributed by atoms with Crippen LogP contribution in [0.1, 0.15) is 21.4 Å². The Kier molecular flexibility index (Phi) is 2.84. The van der Waals surface area contributed by atoms with Crippen molar-refractivity contribution in [1.29, 1.82) is 0 Å². The first kappa shape index (κ1) is 9.95. The van der Waals surface area contributed by atoms with E-state index in [4.69, 9.17) is 5.73 Å². The maximum Gasteiger partial charge on any atom is 0.204 e. The van der Waals surface area contributed by atoms with Gasteiger partial charge in [0.1, 0.15) is 11.7 Å². The molecule has 0 radical (unpaired) electrons. The second-order valence-corrected chi connectivity index (χ2v) is 3.93. The van der Waals surface area contributed by atoms with Gasteiger partial charge in [-0.2, -0.15) is 0 Å². The summed E-state index contributed by atoms with van der Waals surface area (Å²) in [7, 11) is 0. The maximum atomic E-state index is 11.8. The minimum absolute atomic E-state index is 0.203. The zero-order valence-corrected chi connectivity index (χ0v) is 8.65. The fourth-order valence-electron chi connectivity index (χ4n) is 1.18. The number of nitrogens with zero attached hydrogens (tertiary/aromatic N) is 2. The summed E-state index contributed by atoms with van der Waals surface area (Å²) < 4.78 is 0. The highest BCUT2D eigenvalue weighted by molar-refractivity contribution is 7.10. The summed E-state index contributed by atoms with van der Waals surface area (Å²) in [6, 6.07) is 3.06. The molecule has 0 amide bonds. The van der Waals surface area contributed by atoms with E-state index in [9.17, 15) is 4.79 Å². The van der Waals surface area contributed by atoms with Gasteiger partial charge in [0, 0.05) is 17.3 Å². The Morgan fingerprint density at radius 1 is 1.47 bits per heavy atom. The van der Waals surface area contributed by atoms with E-state index in [0.717, 1.165) is 4.88 Å². The lowest BCUT2D eigenvalue weighted by Crippen LogP contribution is -2.21. The zero-order chi connectivity index (χ0) is 10.7. The van der Waals surface area contributed by atoms with Crippen LogP contribution in [0.4, 0.5) is 0 Å². The number of carbonyl (C=O) groups excluding carboxylic acids is 1. The molecule has 5 heteroatoms. The van der Waals surface area contributed by atoms with Crippen molar-refractivity contribution in [2.45, 2.75) is 6.04 Å². The first-order valence-corrected chi connectivity index (χ1v) is 5.26. The summed E-state index contributed by atoms with van der Waals surface area (Å²) in [6.07, 6.45) is 4.43. The van der Waals surface area contributed by atoms with E-state index in [0.29, 0.717) is 5.69 Å². The van der Waals surface area contributed by atoms with E-state index >= 15 is 0 Å². The molecule has 0 aliphatic rings. The highest BCUT2D eigenvalue weighted by atomic mass is 32.1. The van der Waals surface area contributed by atoms with Crippen LogP contribution in [-0.4, -0.2) is 15.8 Å². The Morgan fingerprint density at radius 2 is 2.33 bits per heavy atom. The van der Waals surface area contributed by atoms with E-state index in [-0.39, 0.29) is 5.78 Å². The van der Waals surface area contributed by atoms with Crippen LogP contribution in [0.25, 0.3) is 0 Å². The van der Waals surface area contributed by atoms with Crippen molar-refractivity contribution >= 4 is 17.1 Å². The molecule has 0 aliphatic carbocycles. The van der Waals surface area contributed by atoms with E-state index in [2.05, 4.69) is 9.97 Å². The third kappa shape index (κ3) is 2.08. The van der Waals surface area contributed by atoms with Gasteiger partial charge in [0.2, 0.25) is 5.78 Å². The third-order valence-corrected chi connectivity index (χ3v) is 2.90. The fraction of sp³-hybridized carbons (Fsp3) is 0.100. The Bertz CT molecular complexity index is 441. The van der Waals surface area contributed by atoms with Gasteiger partial charge >= 0.3 is 0 Å². The van der Waals surface area contributed by atoms with Crippen LogP contribution >= 0.6 is 11.3 Å². The molecule has 0 saturated carbocycles. The van der Waals surface area contributed by atoms with Crippen molar-refractivity contribution in [3.05, 3.63) is 46.7 Å². The molecule has 2 heterocycles. The molecule has 2 rings (SSSR count). The van der Waals surface area contributed by atoms with Crippen LogP contribution < -0.4 is 5.73 Å². The van der Waals surface area contributed by atoms with Gasteiger partial charge in [-0.15, -0.1) is 11.3 Å². The lowest BCUT2D eigenvalue weighted by molar-refractivity contribution is 0.0957. The van der Waals surface area contributed by atoms with Crippen LogP contribution in [0, 0.1) is 0 Å². The molecule has 4 nitrogen and oxygen atoms in total. The topological polar surface area (TPSA) is 68.9 Å². The smallest absolute Gasteiger partial charge is 0.204 e. The van der Waals surface area contributed by atoms with Gasteiger partial charge in [-0.3, -0.25) is 9.78 Å². The molecule has 2 aromatic heterocycles. The average molecular weight is 219 g/mol. The van der Waals surface area contributed by atoms with Crippen LogP contribution in [0.3, 0.4) is 0 Å². The number of hydrogen-bond donors (Lipinski definition) is 1. The second kappa shape index (κ2) is 4.29. The average Bonchev–Trinajstić information content (AvgIpc) is 2.82.